The summed E-state index contributed by atoms with van der Waals surface area (Å²) < 4.78 is 13.5. The topological polar surface area (TPSA) is 72.8 Å². The second-order valence-corrected chi connectivity index (χ2v) is 5.39. The average Bonchev–Trinajstić information content (AvgIpc) is 2.50. The molecular formula is C15H21FN2O3. The summed E-state index contributed by atoms with van der Waals surface area (Å²) in [5.41, 5.74) is -0.144. The number of carbonyl (C=O) groups is 1. The minimum Gasteiger partial charge on any atom is -0.508 e. The Morgan fingerprint density at radius 2 is 2.10 bits per heavy atom. The van der Waals surface area contributed by atoms with Gasteiger partial charge in [0.05, 0.1) is 5.56 Å². The largest absolute Gasteiger partial charge is 0.508 e. The molecule has 1 aliphatic heterocycles. The molecule has 0 saturated carbocycles. The van der Waals surface area contributed by atoms with Crippen LogP contribution >= 0.6 is 0 Å². The maximum atomic E-state index is 13.5. The third-order valence-electron chi connectivity index (χ3n) is 3.87. The molecule has 2 rings (SSSR count). The SMILES string of the molecule is O=C(NCCN1CCC(CO)CC1)c1cc(O)ccc1F. The second-order valence-electron chi connectivity index (χ2n) is 5.39. The van der Waals surface area contributed by atoms with E-state index in [9.17, 15) is 14.3 Å². The van der Waals surface area contributed by atoms with Crippen LogP contribution in [0.1, 0.15) is 23.2 Å². The number of piperidine rings is 1. The Balaban J connectivity index is 1.76. The van der Waals surface area contributed by atoms with E-state index in [0.717, 1.165) is 38.1 Å². The third-order valence-corrected chi connectivity index (χ3v) is 3.87. The normalized spacial score (nSPS) is 16.9. The molecule has 1 aromatic rings. The van der Waals surface area contributed by atoms with Crippen LogP contribution in [-0.2, 0) is 0 Å². The quantitative estimate of drug-likeness (QED) is 0.757. The number of aliphatic hydroxyl groups is 1. The Kier molecular flexibility index (Phi) is 5.52. The van der Waals surface area contributed by atoms with E-state index >= 15 is 0 Å². The first kappa shape index (κ1) is 15.7. The van der Waals surface area contributed by atoms with Gasteiger partial charge in [-0.15, -0.1) is 0 Å². The molecule has 1 fully saturated rings. The molecule has 1 heterocycles. The van der Waals surface area contributed by atoms with Crippen LogP contribution in [0.25, 0.3) is 0 Å². The van der Waals surface area contributed by atoms with Gasteiger partial charge in [-0.25, -0.2) is 4.39 Å². The Labute approximate surface area is 123 Å². The molecule has 0 aliphatic carbocycles. The lowest BCUT2D eigenvalue weighted by Gasteiger charge is -2.30. The smallest absolute Gasteiger partial charge is 0.254 e. The first-order valence-corrected chi connectivity index (χ1v) is 7.20. The zero-order valence-electron chi connectivity index (χ0n) is 11.9. The lowest BCUT2D eigenvalue weighted by Crippen LogP contribution is -2.40. The first-order valence-electron chi connectivity index (χ1n) is 7.20. The van der Waals surface area contributed by atoms with Crippen molar-refractivity contribution in [2.75, 3.05) is 32.8 Å². The number of aromatic hydroxyl groups is 1. The van der Waals surface area contributed by atoms with Crippen LogP contribution in [0.5, 0.6) is 5.75 Å². The van der Waals surface area contributed by atoms with Gasteiger partial charge in [-0.2, -0.15) is 0 Å². The third kappa shape index (κ3) is 4.41. The van der Waals surface area contributed by atoms with E-state index in [1.54, 1.807) is 0 Å². The van der Waals surface area contributed by atoms with E-state index in [1.807, 2.05) is 0 Å². The van der Waals surface area contributed by atoms with Crippen LogP contribution in [0.2, 0.25) is 0 Å². The number of benzene rings is 1. The molecule has 0 bridgehead atoms. The van der Waals surface area contributed by atoms with Crippen molar-refractivity contribution in [1.29, 1.82) is 0 Å². The monoisotopic (exact) mass is 296 g/mol. The fourth-order valence-corrected chi connectivity index (χ4v) is 2.50. The fraction of sp³-hybridized carbons (Fsp3) is 0.533. The van der Waals surface area contributed by atoms with Gasteiger partial charge >= 0.3 is 0 Å². The number of halogens is 1. The maximum Gasteiger partial charge on any atom is 0.254 e. The Morgan fingerprint density at radius 3 is 2.76 bits per heavy atom. The highest BCUT2D eigenvalue weighted by Gasteiger charge is 2.18. The minimum absolute atomic E-state index is 0.132. The van der Waals surface area contributed by atoms with Gasteiger partial charge in [0.2, 0.25) is 0 Å². The van der Waals surface area contributed by atoms with Crippen LogP contribution in [0.4, 0.5) is 4.39 Å². The number of hydrogen-bond acceptors (Lipinski definition) is 4. The number of nitrogens with one attached hydrogen (secondary N) is 1. The molecule has 0 atom stereocenters. The van der Waals surface area contributed by atoms with Crippen LogP contribution in [0.3, 0.4) is 0 Å². The van der Waals surface area contributed by atoms with Gasteiger partial charge in [0.15, 0.2) is 0 Å². The standard InChI is InChI=1S/C15H21FN2O3/c16-14-2-1-12(20)9-13(14)15(21)17-5-8-18-6-3-11(10-19)4-7-18/h1-2,9,11,19-20H,3-8,10H2,(H,17,21). The number of amides is 1. The van der Waals surface area contributed by atoms with Crippen molar-refractivity contribution in [3.05, 3.63) is 29.6 Å². The van der Waals surface area contributed by atoms with E-state index in [2.05, 4.69) is 10.2 Å². The van der Waals surface area contributed by atoms with Crippen molar-refractivity contribution in [2.24, 2.45) is 5.92 Å². The molecule has 1 aromatic carbocycles. The zero-order chi connectivity index (χ0) is 15.2. The summed E-state index contributed by atoms with van der Waals surface area (Å²) in [5.74, 6) is -0.910. The lowest BCUT2D eigenvalue weighted by molar-refractivity contribution is 0.0934. The highest BCUT2D eigenvalue weighted by atomic mass is 19.1. The van der Waals surface area contributed by atoms with Crippen LogP contribution in [-0.4, -0.2) is 53.8 Å². The maximum absolute atomic E-state index is 13.5. The highest BCUT2D eigenvalue weighted by Crippen LogP contribution is 2.16. The average molecular weight is 296 g/mol. The fourth-order valence-electron chi connectivity index (χ4n) is 2.50. The van der Waals surface area contributed by atoms with Gasteiger partial charge in [-0.05, 0) is 50.0 Å². The molecule has 116 valence electrons. The van der Waals surface area contributed by atoms with Crippen molar-refractivity contribution in [2.45, 2.75) is 12.8 Å². The molecular weight excluding hydrogens is 275 g/mol. The molecule has 0 spiro atoms. The Hall–Kier alpha value is -1.66. The van der Waals surface area contributed by atoms with Gasteiger partial charge in [-0.1, -0.05) is 0 Å². The van der Waals surface area contributed by atoms with Crippen molar-refractivity contribution in [1.82, 2.24) is 10.2 Å². The Bertz CT molecular complexity index is 488. The van der Waals surface area contributed by atoms with Gasteiger partial charge in [0.25, 0.3) is 5.91 Å². The number of phenolic OH excluding ortho intramolecular Hbond substituents is 1. The van der Waals surface area contributed by atoms with Gasteiger partial charge in [0.1, 0.15) is 11.6 Å². The van der Waals surface area contributed by atoms with Crippen LogP contribution in [0, 0.1) is 11.7 Å². The van der Waals surface area contributed by atoms with Crippen molar-refractivity contribution in [3.8, 4) is 5.75 Å². The van der Waals surface area contributed by atoms with E-state index in [-0.39, 0.29) is 17.9 Å². The molecule has 21 heavy (non-hydrogen) atoms. The molecule has 1 aliphatic rings. The van der Waals surface area contributed by atoms with Crippen LogP contribution in [0.15, 0.2) is 18.2 Å². The van der Waals surface area contributed by atoms with E-state index in [1.165, 1.54) is 6.07 Å². The van der Waals surface area contributed by atoms with Crippen molar-refractivity contribution in [3.63, 3.8) is 0 Å². The summed E-state index contributed by atoms with van der Waals surface area (Å²) >= 11 is 0. The van der Waals surface area contributed by atoms with Gasteiger partial charge < -0.3 is 20.4 Å². The van der Waals surface area contributed by atoms with Crippen molar-refractivity contribution >= 4 is 5.91 Å². The van der Waals surface area contributed by atoms with E-state index < -0.39 is 11.7 Å². The minimum atomic E-state index is -0.644. The number of hydrogen-bond donors (Lipinski definition) is 3. The Morgan fingerprint density at radius 1 is 1.38 bits per heavy atom. The number of rotatable bonds is 5. The van der Waals surface area contributed by atoms with Crippen LogP contribution < -0.4 is 5.32 Å². The summed E-state index contributed by atoms with van der Waals surface area (Å²) in [7, 11) is 0. The zero-order valence-corrected chi connectivity index (χ0v) is 11.9. The number of likely N-dealkylation sites (tertiary alicyclic amines) is 1. The summed E-state index contributed by atoms with van der Waals surface area (Å²) in [6.45, 7) is 3.17. The van der Waals surface area contributed by atoms with Gasteiger partial charge in [0, 0.05) is 19.7 Å². The van der Waals surface area contributed by atoms with Gasteiger partial charge in [-0.3, -0.25) is 4.79 Å². The molecule has 0 radical (unpaired) electrons. The summed E-state index contributed by atoms with van der Waals surface area (Å²) in [5, 5.41) is 21.0. The highest BCUT2D eigenvalue weighted by molar-refractivity contribution is 5.94. The summed E-state index contributed by atoms with van der Waals surface area (Å²) in [6.07, 6.45) is 1.93. The number of carbonyl (C=O) groups excluding carboxylic acids is 1. The van der Waals surface area contributed by atoms with E-state index in [0.29, 0.717) is 19.0 Å². The number of nitrogens with zero attached hydrogens (tertiary/aromatic N) is 1. The lowest BCUT2D eigenvalue weighted by atomic mass is 9.98. The molecule has 1 amide bonds. The predicted octanol–water partition coefficient (Wildman–Crippen LogP) is 0.965. The molecule has 3 N–H and O–H groups in total. The molecule has 0 aromatic heterocycles. The molecule has 1 saturated heterocycles. The molecule has 5 nitrogen and oxygen atoms in total. The molecule has 0 unspecified atom stereocenters. The van der Waals surface area contributed by atoms with E-state index in [4.69, 9.17) is 5.11 Å². The summed E-state index contributed by atoms with van der Waals surface area (Å²) in [4.78, 5) is 14.1. The summed E-state index contributed by atoms with van der Waals surface area (Å²) in [6, 6.07) is 3.40. The molecule has 6 heteroatoms. The van der Waals surface area contributed by atoms with Crippen molar-refractivity contribution < 1.29 is 19.4 Å². The number of aliphatic hydroxyl groups excluding tert-OH is 1. The first-order chi connectivity index (χ1) is 10.1. The predicted molar refractivity (Wildman–Crippen MR) is 76.6 cm³/mol. The second kappa shape index (κ2) is 7.38. The number of phenols is 1.